The van der Waals surface area contributed by atoms with E-state index in [9.17, 15) is 9.59 Å². The molecule has 0 aromatic rings. The molecule has 0 unspecified atom stereocenters. The molecule has 0 atom stereocenters. The maximum atomic E-state index is 12.8. The summed E-state index contributed by atoms with van der Waals surface area (Å²) in [5.41, 5.74) is 0. The van der Waals surface area contributed by atoms with E-state index >= 15 is 0 Å². The van der Waals surface area contributed by atoms with Crippen molar-refractivity contribution in [3.05, 3.63) is 0 Å². The van der Waals surface area contributed by atoms with Crippen LogP contribution in [0.15, 0.2) is 0 Å². The Hall–Kier alpha value is -1.06. The zero-order valence-electron chi connectivity index (χ0n) is 21.9. The zero-order valence-corrected chi connectivity index (χ0v) is 21.9. The van der Waals surface area contributed by atoms with Crippen molar-refractivity contribution < 1.29 is 14.3 Å². The fourth-order valence-corrected chi connectivity index (χ4v) is 4.03. The van der Waals surface area contributed by atoms with Crippen LogP contribution in [0.4, 0.5) is 0 Å². The number of amides is 1. The molecule has 1 amide bonds. The normalized spacial score (nSPS) is 11.0. The monoisotopic (exact) mass is 453 g/mol. The van der Waals surface area contributed by atoms with Crippen molar-refractivity contribution in [1.82, 2.24) is 4.90 Å². The predicted octanol–water partition coefficient (Wildman–Crippen LogP) is 8.22. The third-order valence-electron chi connectivity index (χ3n) is 6.22. The molecule has 0 saturated heterocycles. The molecule has 0 aliphatic rings. The summed E-state index contributed by atoms with van der Waals surface area (Å²) < 4.78 is 5.34. The second kappa shape index (κ2) is 24.6. The van der Waals surface area contributed by atoms with E-state index in [1.54, 1.807) is 0 Å². The standard InChI is InChI=1S/C28H55NO3/c1-4-7-10-13-16-19-24-29(25-20-17-14-11-8-5-2)27(30)22-23-28(31)32-26-21-18-15-12-9-6-3/h4-26H2,1-3H3. The first-order valence-corrected chi connectivity index (χ1v) is 14.1. The summed E-state index contributed by atoms with van der Waals surface area (Å²) in [6.07, 6.45) is 22.4. The summed E-state index contributed by atoms with van der Waals surface area (Å²) >= 11 is 0. The molecule has 4 nitrogen and oxygen atoms in total. The number of carbonyl (C=O) groups excluding carboxylic acids is 2. The number of carbonyl (C=O) groups is 2. The lowest BCUT2D eigenvalue weighted by molar-refractivity contribution is -0.146. The number of hydrogen-bond donors (Lipinski definition) is 0. The van der Waals surface area contributed by atoms with E-state index < -0.39 is 0 Å². The lowest BCUT2D eigenvalue weighted by Crippen LogP contribution is -2.33. The Labute approximate surface area is 200 Å². The quantitative estimate of drug-likeness (QED) is 0.109. The summed E-state index contributed by atoms with van der Waals surface area (Å²) in [5.74, 6) is -0.0883. The van der Waals surface area contributed by atoms with Crippen molar-refractivity contribution in [3.63, 3.8) is 0 Å². The Morgan fingerprint density at radius 2 is 0.938 bits per heavy atom. The van der Waals surface area contributed by atoms with E-state index in [1.165, 1.54) is 89.9 Å². The van der Waals surface area contributed by atoms with Crippen LogP contribution < -0.4 is 0 Å². The van der Waals surface area contributed by atoms with Crippen LogP contribution >= 0.6 is 0 Å². The van der Waals surface area contributed by atoms with Gasteiger partial charge in [-0.1, -0.05) is 117 Å². The highest BCUT2D eigenvalue weighted by atomic mass is 16.5. The van der Waals surface area contributed by atoms with Crippen LogP contribution in [0.2, 0.25) is 0 Å². The Kier molecular flexibility index (Phi) is 23.8. The molecule has 0 spiro atoms. The Balaban J connectivity index is 4.13. The minimum Gasteiger partial charge on any atom is -0.466 e. The third kappa shape index (κ3) is 20.8. The number of hydrogen-bond acceptors (Lipinski definition) is 3. The zero-order chi connectivity index (χ0) is 23.7. The summed E-state index contributed by atoms with van der Waals surface area (Å²) in [6.45, 7) is 8.86. The van der Waals surface area contributed by atoms with Gasteiger partial charge in [-0.2, -0.15) is 0 Å². The Morgan fingerprint density at radius 1 is 0.531 bits per heavy atom. The van der Waals surface area contributed by atoms with Gasteiger partial charge < -0.3 is 9.64 Å². The molecule has 0 fully saturated rings. The second-order valence-electron chi connectivity index (χ2n) is 9.40. The summed E-state index contributed by atoms with van der Waals surface area (Å²) in [4.78, 5) is 26.8. The number of unbranched alkanes of at least 4 members (excludes halogenated alkanes) is 15. The van der Waals surface area contributed by atoms with E-state index in [1.807, 2.05) is 4.90 Å². The molecule has 0 bridgehead atoms. The first kappa shape index (κ1) is 30.9. The fourth-order valence-electron chi connectivity index (χ4n) is 4.03. The average molecular weight is 454 g/mol. The van der Waals surface area contributed by atoms with Gasteiger partial charge >= 0.3 is 5.97 Å². The summed E-state index contributed by atoms with van der Waals surface area (Å²) in [7, 11) is 0. The summed E-state index contributed by atoms with van der Waals surface area (Å²) in [6, 6.07) is 0. The molecule has 0 rings (SSSR count). The molecule has 0 N–H and O–H groups in total. The third-order valence-corrected chi connectivity index (χ3v) is 6.22. The van der Waals surface area contributed by atoms with E-state index in [0.717, 1.165) is 38.8 Å². The molecule has 0 aromatic heterocycles. The van der Waals surface area contributed by atoms with Crippen molar-refractivity contribution in [1.29, 1.82) is 0 Å². The fraction of sp³-hybridized carbons (Fsp3) is 0.929. The molecule has 190 valence electrons. The number of nitrogens with zero attached hydrogens (tertiary/aromatic N) is 1. The van der Waals surface area contributed by atoms with Crippen LogP contribution in [0.25, 0.3) is 0 Å². The smallest absolute Gasteiger partial charge is 0.306 e. The van der Waals surface area contributed by atoms with Gasteiger partial charge in [0.05, 0.1) is 13.0 Å². The van der Waals surface area contributed by atoms with Gasteiger partial charge in [0.15, 0.2) is 0 Å². The van der Waals surface area contributed by atoms with Gasteiger partial charge in [0, 0.05) is 19.5 Å². The van der Waals surface area contributed by atoms with Crippen molar-refractivity contribution >= 4 is 11.9 Å². The lowest BCUT2D eigenvalue weighted by atomic mass is 10.1. The van der Waals surface area contributed by atoms with Crippen molar-refractivity contribution in [2.24, 2.45) is 0 Å². The second-order valence-corrected chi connectivity index (χ2v) is 9.40. The van der Waals surface area contributed by atoms with Crippen molar-refractivity contribution in [2.75, 3.05) is 19.7 Å². The average Bonchev–Trinajstić information content (AvgIpc) is 2.79. The molecular weight excluding hydrogens is 398 g/mol. The van der Waals surface area contributed by atoms with Crippen LogP contribution in [0.5, 0.6) is 0 Å². The predicted molar refractivity (Wildman–Crippen MR) is 137 cm³/mol. The highest BCUT2D eigenvalue weighted by Crippen LogP contribution is 2.11. The molecule has 32 heavy (non-hydrogen) atoms. The van der Waals surface area contributed by atoms with Gasteiger partial charge in [-0.25, -0.2) is 0 Å². The Morgan fingerprint density at radius 3 is 1.41 bits per heavy atom. The van der Waals surface area contributed by atoms with Gasteiger partial charge in [-0.05, 0) is 19.3 Å². The largest absolute Gasteiger partial charge is 0.466 e. The number of esters is 1. The first-order chi connectivity index (χ1) is 15.7. The summed E-state index contributed by atoms with van der Waals surface area (Å²) in [5, 5.41) is 0. The minimum atomic E-state index is -0.217. The lowest BCUT2D eigenvalue weighted by Gasteiger charge is -2.23. The minimum absolute atomic E-state index is 0.128. The topological polar surface area (TPSA) is 46.6 Å². The van der Waals surface area contributed by atoms with Crippen LogP contribution in [-0.4, -0.2) is 36.5 Å². The molecular formula is C28H55NO3. The number of ether oxygens (including phenoxy) is 1. The molecule has 0 aliphatic heterocycles. The van der Waals surface area contributed by atoms with Gasteiger partial charge in [0.2, 0.25) is 5.91 Å². The molecule has 0 saturated carbocycles. The number of rotatable bonds is 24. The molecule has 4 heteroatoms. The highest BCUT2D eigenvalue weighted by Gasteiger charge is 2.15. The van der Waals surface area contributed by atoms with Crippen LogP contribution in [-0.2, 0) is 14.3 Å². The SMILES string of the molecule is CCCCCCCCOC(=O)CCC(=O)N(CCCCCCCC)CCCCCCCC. The van der Waals surface area contributed by atoms with Crippen LogP contribution in [0.3, 0.4) is 0 Å². The van der Waals surface area contributed by atoms with Crippen molar-refractivity contribution in [2.45, 2.75) is 149 Å². The first-order valence-electron chi connectivity index (χ1n) is 14.1. The van der Waals surface area contributed by atoms with Gasteiger partial charge in [-0.3, -0.25) is 9.59 Å². The van der Waals surface area contributed by atoms with E-state index in [4.69, 9.17) is 4.74 Å². The van der Waals surface area contributed by atoms with Gasteiger partial charge in [-0.15, -0.1) is 0 Å². The Bertz CT molecular complexity index is 409. The van der Waals surface area contributed by atoms with Gasteiger partial charge in [0.1, 0.15) is 0 Å². The van der Waals surface area contributed by atoms with E-state index in [-0.39, 0.29) is 18.3 Å². The van der Waals surface area contributed by atoms with Crippen LogP contribution in [0.1, 0.15) is 149 Å². The highest BCUT2D eigenvalue weighted by molar-refractivity contribution is 5.81. The maximum Gasteiger partial charge on any atom is 0.306 e. The van der Waals surface area contributed by atoms with E-state index in [2.05, 4.69) is 20.8 Å². The maximum absolute atomic E-state index is 12.8. The van der Waals surface area contributed by atoms with Gasteiger partial charge in [0.25, 0.3) is 0 Å². The van der Waals surface area contributed by atoms with Crippen LogP contribution in [0, 0.1) is 0 Å². The molecule has 0 heterocycles. The molecule has 0 radical (unpaired) electrons. The molecule has 0 aromatic carbocycles. The van der Waals surface area contributed by atoms with Crippen molar-refractivity contribution in [3.8, 4) is 0 Å². The molecule has 0 aliphatic carbocycles. The van der Waals surface area contributed by atoms with E-state index in [0.29, 0.717) is 13.0 Å².